The number of rotatable bonds is 3. The van der Waals surface area contributed by atoms with E-state index in [1.54, 1.807) is 0 Å². The number of benzene rings is 1. The van der Waals surface area contributed by atoms with E-state index in [-0.39, 0.29) is 15.4 Å². The molecule has 17 heavy (non-hydrogen) atoms. The van der Waals surface area contributed by atoms with Gasteiger partial charge in [0, 0.05) is 0 Å². The molecule has 0 radical (unpaired) electrons. The Balaban J connectivity index is 3.07. The second kappa shape index (κ2) is 5.03. The number of alkyl halides is 4. The lowest BCUT2D eigenvalue weighted by atomic mass is 10.2. The van der Waals surface area contributed by atoms with Crippen molar-refractivity contribution in [3.8, 4) is 0 Å². The van der Waals surface area contributed by atoms with E-state index in [1.165, 1.54) is 0 Å². The van der Waals surface area contributed by atoms with E-state index in [4.69, 9.17) is 11.6 Å². The van der Waals surface area contributed by atoms with Crippen LogP contribution >= 0.6 is 27.5 Å². The smallest absolute Gasteiger partial charge is 0.281 e. The Labute approximate surface area is 109 Å². The fourth-order valence-electron chi connectivity index (χ4n) is 0.969. The third-order valence-electron chi connectivity index (χ3n) is 1.71. The summed E-state index contributed by atoms with van der Waals surface area (Å²) in [4.78, 5) is 0. The zero-order valence-corrected chi connectivity index (χ0v) is 11.2. The van der Waals surface area contributed by atoms with Crippen molar-refractivity contribution in [2.24, 2.45) is 0 Å². The highest BCUT2D eigenvalue weighted by atomic mass is 79.9. The van der Waals surface area contributed by atoms with Gasteiger partial charge in [0.15, 0.2) is 0 Å². The SMILES string of the molecule is O=S(=O)(CBr)Nc1ccc(C(F)(F)F)cc1Cl. The highest BCUT2D eigenvalue weighted by Gasteiger charge is 2.31. The minimum Gasteiger partial charge on any atom is -0.281 e. The first-order valence-electron chi connectivity index (χ1n) is 4.09. The van der Waals surface area contributed by atoms with Crippen LogP contribution in [-0.2, 0) is 16.2 Å². The zero-order chi connectivity index (χ0) is 13.3. The first-order chi connectivity index (χ1) is 7.65. The molecule has 0 saturated carbocycles. The van der Waals surface area contributed by atoms with Crippen LogP contribution < -0.4 is 4.72 Å². The number of anilines is 1. The molecule has 1 aromatic rings. The molecule has 0 amide bonds. The van der Waals surface area contributed by atoms with E-state index in [1.807, 2.05) is 4.72 Å². The van der Waals surface area contributed by atoms with Crippen molar-refractivity contribution in [3.05, 3.63) is 28.8 Å². The van der Waals surface area contributed by atoms with Crippen LogP contribution in [0.3, 0.4) is 0 Å². The first-order valence-corrected chi connectivity index (χ1v) is 7.24. The van der Waals surface area contributed by atoms with E-state index in [0.717, 1.165) is 12.1 Å². The van der Waals surface area contributed by atoms with E-state index in [9.17, 15) is 21.6 Å². The van der Waals surface area contributed by atoms with Gasteiger partial charge in [-0.15, -0.1) is 0 Å². The number of sulfonamides is 1. The molecule has 0 unspecified atom stereocenters. The summed E-state index contributed by atoms with van der Waals surface area (Å²) in [5, 5.41) is -0.315. The molecule has 1 N–H and O–H groups in total. The number of nitrogens with one attached hydrogen (secondary N) is 1. The maximum absolute atomic E-state index is 12.3. The fraction of sp³-hybridized carbons (Fsp3) is 0.250. The molecule has 1 aromatic carbocycles. The van der Waals surface area contributed by atoms with Crippen molar-refractivity contribution in [1.29, 1.82) is 0 Å². The summed E-state index contributed by atoms with van der Waals surface area (Å²) in [6.07, 6.45) is -4.52. The van der Waals surface area contributed by atoms with Gasteiger partial charge >= 0.3 is 6.18 Å². The molecule has 0 bridgehead atoms. The molecular weight excluding hydrogens is 347 g/mol. The van der Waals surface area contributed by atoms with E-state index in [2.05, 4.69) is 15.9 Å². The van der Waals surface area contributed by atoms with Crippen molar-refractivity contribution < 1.29 is 21.6 Å². The van der Waals surface area contributed by atoms with Gasteiger partial charge in [0.05, 0.1) is 16.3 Å². The highest BCUT2D eigenvalue weighted by Crippen LogP contribution is 2.34. The Morgan fingerprint density at radius 2 is 1.94 bits per heavy atom. The topological polar surface area (TPSA) is 46.2 Å². The summed E-state index contributed by atoms with van der Waals surface area (Å²) >= 11 is 8.28. The maximum atomic E-state index is 12.3. The molecule has 0 aromatic heterocycles. The van der Waals surface area contributed by atoms with Crippen molar-refractivity contribution in [1.82, 2.24) is 0 Å². The van der Waals surface area contributed by atoms with Gasteiger partial charge in [-0.2, -0.15) is 13.2 Å². The van der Waals surface area contributed by atoms with Crippen LogP contribution in [0.2, 0.25) is 5.02 Å². The molecule has 0 aliphatic rings. The van der Waals surface area contributed by atoms with Gasteiger partial charge in [-0.3, -0.25) is 4.72 Å². The van der Waals surface area contributed by atoms with Gasteiger partial charge in [0.1, 0.15) is 4.66 Å². The normalized spacial score (nSPS) is 12.5. The fourth-order valence-corrected chi connectivity index (χ4v) is 2.16. The van der Waals surface area contributed by atoms with Gasteiger partial charge in [-0.25, -0.2) is 8.42 Å². The molecule has 0 spiro atoms. The molecule has 0 aliphatic carbocycles. The number of halogens is 5. The molecular formula is C8H6BrClF3NO2S. The van der Waals surface area contributed by atoms with Crippen LogP contribution in [0.5, 0.6) is 0 Å². The standard InChI is InChI=1S/C8H6BrClF3NO2S/c9-4-17(15,16)14-7-2-1-5(3-6(7)10)8(11,12)13/h1-3,14H,4H2. The Bertz CT molecular complexity index is 518. The van der Waals surface area contributed by atoms with Gasteiger partial charge in [0.25, 0.3) is 0 Å². The van der Waals surface area contributed by atoms with Crippen LogP contribution in [0, 0.1) is 0 Å². The molecule has 0 saturated heterocycles. The van der Waals surface area contributed by atoms with Crippen molar-refractivity contribution >= 4 is 43.2 Å². The predicted octanol–water partition coefficient (Wildman–Crippen LogP) is 3.45. The van der Waals surface area contributed by atoms with Gasteiger partial charge in [-0.05, 0) is 18.2 Å². The van der Waals surface area contributed by atoms with Crippen LogP contribution in [0.15, 0.2) is 18.2 Å². The molecule has 3 nitrogen and oxygen atoms in total. The minimum atomic E-state index is -4.52. The molecule has 9 heteroatoms. The van der Waals surface area contributed by atoms with Gasteiger partial charge in [0.2, 0.25) is 10.0 Å². The minimum absolute atomic E-state index is 0.0980. The molecule has 0 aliphatic heterocycles. The Morgan fingerprint density at radius 3 is 2.35 bits per heavy atom. The summed E-state index contributed by atoms with van der Waals surface area (Å²) in [5.74, 6) is 0. The van der Waals surface area contributed by atoms with E-state index in [0.29, 0.717) is 6.07 Å². The van der Waals surface area contributed by atoms with Crippen LogP contribution in [0.25, 0.3) is 0 Å². The van der Waals surface area contributed by atoms with Crippen molar-refractivity contribution in [2.75, 3.05) is 9.38 Å². The predicted molar refractivity (Wildman–Crippen MR) is 62.8 cm³/mol. The van der Waals surface area contributed by atoms with E-state index < -0.39 is 21.8 Å². The molecule has 0 heterocycles. The second-order valence-electron chi connectivity index (χ2n) is 3.02. The molecule has 96 valence electrons. The van der Waals surface area contributed by atoms with Gasteiger partial charge in [-0.1, -0.05) is 27.5 Å². The number of hydrogen-bond acceptors (Lipinski definition) is 2. The third kappa shape index (κ3) is 4.04. The average Bonchev–Trinajstić information content (AvgIpc) is 2.19. The largest absolute Gasteiger partial charge is 0.416 e. The summed E-state index contributed by atoms with van der Waals surface area (Å²) in [5.41, 5.74) is -1.04. The van der Waals surface area contributed by atoms with Crippen LogP contribution in [0.4, 0.5) is 18.9 Å². The quantitative estimate of drug-likeness (QED) is 0.847. The lowest BCUT2D eigenvalue weighted by Gasteiger charge is -2.11. The van der Waals surface area contributed by atoms with Crippen LogP contribution in [-0.4, -0.2) is 13.1 Å². The Hall–Kier alpha value is -0.470. The zero-order valence-electron chi connectivity index (χ0n) is 8.05. The second-order valence-corrected chi connectivity index (χ2v) is 6.45. The Morgan fingerprint density at radius 1 is 1.35 bits per heavy atom. The summed E-state index contributed by atoms with van der Waals surface area (Å²) in [6.45, 7) is 0. The highest BCUT2D eigenvalue weighted by molar-refractivity contribution is 9.10. The third-order valence-corrected chi connectivity index (χ3v) is 4.64. The lowest BCUT2D eigenvalue weighted by Crippen LogP contribution is -2.14. The van der Waals surface area contributed by atoms with Crippen molar-refractivity contribution in [3.63, 3.8) is 0 Å². The summed E-state index contributed by atoms with van der Waals surface area (Å²) in [7, 11) is -3.64. The van der Waals surface area contributed by atoms with Crippen LogP contribution in [0.1, 0.15) is 5.56 Å². The average molecular weight is 353 g/mol. The summed E-state index contributed by atoms with van der Waals surface area (Å²) in [6, 6.07) is 2.37. The Kier molecular flexibility index (Phi) is 4.32. The maximum Gasteiger partial charge on any atom is 0.416 e. The first kappa shape index (κ1) is 14.6. The monoisotopic (exact) mass is 351 g/mol. The van der Waals surface area contributed by atoms with E-state index >= 15 is 0 Å². The summed E-state index contributed by atoms with van der Waals surface area (Å²) < 4.78 is 60.9. The lowest BCUT2D eigenvalue weighted by molar-refractivity contribution is -0.137. The van der Waals surface area contributed by atoms with Gasteiger partial charge < -0.3 is 0 Å². The number of hydrogen-bond donors (Lipinski definition) is 1. The molecule has 1 rings (SSSR count). The molecule has 0 fully saturated rings. The molecule has 0 atom stereocenters. The van der Waals surface area contributed by atoms with Crippen molar-refractivity contribution in [2.45, 2.75) is 6.18 Å².